The van der Waals surface area contributed by atoms with E-state index in [1.807, 2.05) is 0 Å². The first kappa shape index (κ1) is 20.8. The van der Waals surface area contributed by atoms with Gasteiger partial charge in [-0.2, -0.15) is 0 Å². The van der Waals surface area contributed by atoms with Crippen LogP contribution in [0.25, 0.3) is 0 Å². The van der Waals surface area contributed by atoms with Gasteiger partial charge in [-0.05, 0) is 54.3 Å². The molecule has 0 nitrogen and oxygen atoms in total. The third-order valence-electron chi connectivity index (χ3n) is 7.05. The number of rotatable bonds is 12. The molecule has 0 spiro atoms. The van der Waals surface area contributed by atoms with Crippen molar-refractivity contribution < 1.29 is 0 Å². The highest BCUT2D eigenvalue weighted by Gasteiger charge is 2.38. The lowest BCUT2D eigenvalue weighted by Gasteiger charge is -2.45. The fraction of sp³-hybridized carbons (Fsp3) is 0.913. The zero-order chi connectivity index (χ0) is 17.4. The summed E-state index contributed by atoms with van der Waals surface area (Å²) in [5, 5.41) is 0. The maximum atomic E-state index is 3.98. The van der Waals surface area contributed by atoms with Crippen molar-refractivity contribution in [3.63, 3.8) is 0 Å². The van der Waals surface area contributed by atoms with Crippen LogP contribution in [0.3, 0.4) is 0 Å². The van der Waals surface area contributed by atoms with Crippen molar-refractivity contribution in [2.24, 2.45) is 41.4 Å². The molecule has 0 amide bonds. The van der Waals surface area contributed by atoms with Crippen molar-refractivity contribution in [1.82, 2.24) is 0 Å². The van der Waals surface area contributed by atoms with E-state index in [0.717, 1.165) is 41.4 Å². The van der Waals surface area contributed by atoms with Crippen molar-refractivity contribution in [2.75, 3.05) is 0 Å². The molecule has 7 atom stereocenters. The molecular weight excluding hydrogens is 276 g/mol. The Morgan fingerprint density at radius 3 is 2.26 bits per heavy atom. The van der Waals surface area contributed by atoms with Crippen LogP contribution in [0, 0.1) is 41.4 Å². The van der Waals surface area contributed by atoms with E-state index in [1.165, 1.54) is 51.4 Å². The van der Waals surface area contributed by atoms with Crippen molar-refractivity contribution in [2.45, 2.75) is 92.9 Å². The van der Waals surface area contributed by atoms with E-state index in [-0.39, 0.29) is 0 Å². The van der Waals surface area contributed by atoms with E-state index in [4.69, 9.17) is 0 Å². The van der Waals surface area contributed by atoms with Crippen molar-refractivity contribution in [3.05, 3.63) is 12.7 Å². The third-order valence-corrected chi connectivity index (χ3v) is 7.05. The van der Waals surface area contributed by atoms with Crippen molar-refractivity contribution in [1.29, 1.82) is 0 Å². The van der Waals surface area contributed by atoms with E-state index in [0.29, 0.717) is 0 Å². The first-order valence-corrected chi connectivity index (χ1v) is 10.5. The predicted octanol–water partition coefficient (Wildman–Crippen LogP) is 7.74. The Balaban J connectivity index is 2.20. The second-order valence-corrected chi connectivity index (χ2v) is 9.00. The molecule has 0 saturated heterocycles. The highest BCUT2D eigenvalue weighted by molar-refractivity contribution is 4.97. The van der Waals surface area contributed by atoms with Gasteiger partial charge in [0.15, 0.2) is 0 Å². The maximum Gasteiger partial charge on any atom is -0.0205 e. The van der Waals surface area contributed by atoms with E-state index >= 15 is 0 Å². The topological polar surface area (TPSA) is 0 Å². The molecule has 1 rings (SSSR count). The minimum absolute atomic E-state index is 0.795. The Hall–Kier alpha value is -0.260. The minimum atomic E-state index is 0.795. The molecule has 7 unspecified atom stereocenters. The minimum Gasteiger partial charge on any atom is -0.103 e. The van der Waals surface area contributed by atoms with Gasteiger partial charge < -0.3 is 0 Å². The molecule has 1 aliphatic rings. The molecule has 136 valence electrons. The van der Waals surface area contributed by atoms with Gasteiger partial charge in [0.1, 0.15) is 0 Å². The number of hydrogen-bond acceptors (Lipinski definition) is 0. The Morgan fingerprint density at radius 2 is 1.70 bits per heavy atom. The zero-order valence-corrected chi connectivity index (χ0v) is 17.0. The molecule has 0 bridgehead atoms. The summed E-state index contributed by atoms with van der Waals surface area (Å²) in [5.74, 6) is 6.22. The number of hydrogen-bond donors (Lipinski definition) is 0. The van der Waals surface area contributed by atoms with Gasteiger partial charge in [-0.1, -0.05) is 86.1 Å². The number of allylic oxidation sites excluding steroid dienone is 1. The summed E-state index contributed by atoms with van der Waals surface area (Å²) in [7, 11) is 0. The molecule has 0 heteroatoms. The highest BCUT2D eigenvalue weighted by Crippen LogP contribution is 2.46. The molecular formula is C23H44. The van der Waals surface area contributed by atoms with Gasteiger partial charge in [-0.15, -0.1) is 6.58 Å². The molecule has 0 aliphatic heterocycles. The summed E-state index contributed by atoms with van der Waals surface area (Å²) in [6, 6.07) is 0. The van der Waals surface area contributed by atoms with Crippen LogP contribution < -0.4 is 0 Å². The summed E-state index contributed by atoms with van der Waals surface area (Å²) < 4.78 is 0. The van der Waals surface area contributed by atoms with Gasteiger partial charge in [0.05, 0.1) is 0 Å². The lowest BCUT2D eigenvalue weighted by Crippen LogP contribution is -2.37. The van der Waals surface area contributed by atoms with Crippen LogP contribution in [0.5, 0.6) is 0 Å². The average Bonchev–Trinajstić information content (AvgIpc) is 2.51. The predicted molar refractivity (Wildman–Crippen MR) is 106 cm³/mol. The van der Waals surface area contributed by atoms with Crippen molar-refractivity contribution >= 4 is 0 Å². The second-order valence-electron chi connectivity index (χ2n) is 9.00. The van der Waals surface area contributed by atoms with Crippen molar-refractivity contribution in [3.8, 4) is 0 Å². The quantitative estimate of drug-likeness (QED) is 0.255. The van der Waals surface area contributed by atoms with Crippen LogP contribution in [-0.4, -0.2) is 0 Å². The standard InChI is InChI=1S/C23H44/c1-8-10-11-12-18(4)20(6)15-17(3)13-14-19(5)23-16-22(9-2)21(23)7/h9,17-23H,2,8,10-16H2,1,3-7H3. The number of unbranched alkanes of at least 4 members (excludes halogenated alkanes) is 2. The first-order chi connectivity index (χ1) is 10.9. The normalized spacial score (nSPS) is 29.4. The Morgan fingerprint density at radius 1 is 1.00 bits per heavy atom. The van der Waals surface area contributed by atoms with Crippen LogP contribution in [0.4, 0.5) is 0 Å². The molecule has 0 heterocycles. The van der Waals surface area contributed by atoms with Gasteiger partial charge in [-0.25, -0.2) is 0 Å². The molecule has 0 aromatic rings. The van der Waals surface area contributed by atoms with Crippen LogP contribution in [0.2, 0.25) is 0 Å². The fourth-order valence-electron chi connectivity index (χ4n) is 4.67. The van der Waals surface area contributed by atoms with Gasteiger partial charge in [0.25, 0.3) is 0 Å². The monoisotopic (exact) mass is 320 g/mol. The lowest BCUT2D eigenvalue weighted by molar-refractivity contribution is 0.0664. The molecule has 0 aromatic carbocycles. The molecule has 0 aromatic heterocycles. The van der Waals surface area contributed by atoms with E-state index in [1.54, 1.807) is 0 Å². The Labute approximate surface area is 147 Å². The smallest absolute Gasteiger partial charge is 0.0205 e. The molecule has 1 fully saturated rings. The second kappa shape index (κ2) is 10.6. The zero-order valence-electron chi connectivity index (χ0n) is 17.0. The summed E-state index contributed by atoms with van der Waals surface area (Å²) in [6.45, 7) is 18.6. The third kappa shape index (κ3) is 6.63. The van der Waals surface area contributed by atoms with Gasteiger partial charge in [-0.3, -0.25) is 0 Å². The summed E-state index contributed by atoms with van der Waals surface area (Å²) in [4.78, 5) is 0. The average molecular weight is 321 g/mol. The summed E-state index contributed by atoms with van der Waals surface area (Å²) in [5.41, 5.74) is 0. The molecule has 1 saturated carbocycles. The van der Waals surface area contributed by atoms with Crippen LogP contribution >= 0.6 is 0 Å². The van der Waals surface area contributed by atoms with Crippen LogP contribution in [0.15, 0.2) is 12.7 Å². The fourth-order valence-corrected chi connectivity index (χ4v) is 4.67. The Bertz CT molecular complexity index is 318. The molecule has 1 aliphatic carbocycles. The van der Waals surface area contributed by atoms with Crippen LogP contribution in [-0.2, 0) is 0 Å². The lowest BCUT2D eigenvalue weighted by atomic mass is 9.60. The van der Waals surface area contributed by atoms with Gasteiger partial charge in [0, 0.05) is 0 Å². The highest BCUT2D eigenvalue weighted by atomic mass is 14.4. The SMILES string of the molecule is C=CC1CC(C(C)CCC(C)CC(C)C(C)CCCCC)C1C. The van der Waals surface area contributed by atoms with E-state index in [9.17, 15) is 0 Å². The first-order valence-electron chi connectivity index (χ1n) is 10.5. The largest absolute Gasteiger partial charge is 0.103 e. The van der Waals surface area contributed by atoms with Crippen LogP contribution in [0.1, 0.15) is 92.9 Å². The van der Waals surface area contributed by atoms with E-state index < -0.39 is 0 Å². The van der Waals surface area contributed by atoms with E-state index in [2.05, 4.69) is 54.2 Å². The molecule has 23 heavy (non-hydrogen) atoms. The summed E-state index contributed by atoms with van der Waals surface area (Å²) in [6.07, 6.45) is 13.5. The maximum absolute atomic E-state index is 3.98. The van der Waals surface area contributed by atoms with Gasteiger partial charge >= 0.3 is 0 Å². The Kier molecular flexibility index (Phi) is 9.55. The van der Waals surface area contributed by atoms with Gasteiger partial charge in [0.2, 0.25) is 0 Å². The molecule has 0 radical (unpaired) electrons. The summed E-state index contributed by atoms with van der Waals surface area (Å²) >= 11 is 0. The molecule has 0 N–H and O–H groups in total.